The van der Waals surface area contributed by atoms with E-state index in [-0.39, 0.29) is 12.6 Å². The molecule has 0 radical (unpaired) electrons. The summed E-state index contributed by atoms with van der Waals surface area (Å²) in [4.78, 5) is 0. The SMILES string of the molecule is OCCNC1C(O)=Cc2ccccc21. The minimum absolute atomic E-state index is 0.0753. The molecule has 1 aromatic carbocycles. The van der Waals surface area contributed by atoms with Gasteiger partial charge in [-0.05, 0) is 17.2 Å². The molecule has 1 atom stereocenters. The molecule has 3 nitrogen and oxygen atoms in total. The van der Waals surface area contributed by atoms with Gasteiger partial charge in [-0.1, -0.05) is 24.3 Å². The quantitative estimate of drug-likeness (QED) is 0.673. The maximum absolute atomic E-state index is 9.65. The molecule has 0 aliphatic heterocycles. The average molecular weight is 191 g/mol. The van der Waals surface area contributed by atoms with Crippen LogP contribution in [0.25, 0.3) is 6.08 Å². The molecule has 0 aromatic heterocycles. The Balaban J connectivity index is 2.23. The lowest BCUT2D eigenvalue weighted by atomic mass is 10.1. The lowest BCUT2D eigenvalue weighted by Crippen LogP contribution is -2.24. The Morgan fingerprint density at radius 2 is 2.07 bits per heavy atom. The Hall–Kier alpha value is -1.32. The van der Waals surface area contributed by atoms with Crippen molar-refractivity contribution in [3.8, 4) is 0 Å². The number of nitrogens with one attached hydrogen (secondary N) is 1. The number of rotatable bonds is 3. The average Bonchev–Trinajstić information content (AvgIpc) is 2.51. The van der Waals surface area contributed by atoms with Gasteiger partial charge in [0, 0.05) is 6.54 Å². The monoisotopic (exact) mass is 191 g/mol. The number of fused-ring (bicyclic) bond motifs is 1. The first-order chi connectivity index (χ1) is 6.83. The van der Waals surface area contributed by atoms with Crippen LogP contribution in [0.4, 0.5) is 0 Å². The summed E-state index contributed by atoms with van der Waals surface area (Å²) in [6.45, 7) is 0.558. The summed E-state index contributed by atoms with van der Waals surface area (Å²) in [5.74, 6) is 0.319. The molecule has 0 bridgehead atoms. The molecular formula is C11H13NO2. The highest BCUT2D eigenvalue weighted by molar-refractivity contribution is 5.64. The van der Waals surface area contributed by atoms with Crippen LogP contribution in [0.1, 0.15) is 17.2 Å². The van der Waals surface area contributed by atoms with Gasteiger partial charge in [-0.15, -0.1) is 0 Å². The van der Waals surface area contributed by atoms with Gasteiger partial charge in [0.05, 0.1) is 12.6 Å². The fourth-order valence-corrected chi connectivity index (χ4v) is 1.73. The van der Waals surface area contributed by atoms with E-state index >= 15 is 0 Å². The second-order valence-electron chi connectivity index (χ2n) is 3.31. The van der Waals surface area contributed by atoms with Crippen molar-refractivity contribution in [1.82, 2.24) is 5.32 Å². The zero-order valence-corrected chi connectivity index (χ0v) is 7.77. The van der Waals surface area contributed by atoms with Gasteiger partial charge in [0.15, 0.2) is 0 Å². The molecule has 3 N–H and O–H groups in total. The molecule has 0 fully saturated rings. The summed E-state index contributed by atoms with van der Waals surface area (Å²) in [5.41, 5.74) is 2.11. The van der Waals surface area contributed by atoms with E-state index in [0.717, 1.165) is 11.1 Å². The predicted octanol–water partition coefficient (Wildman–Crippen LogP) is 1.22. The molecule has 0 saturated carbocycles. The second kappa shape index (κ2) is 3.82. The van der Waals surface area contributed by atoms with E-state index in [2.05, 4.69) is 5.32 Å². The van der Waals surface area contributed by atoms with Crippen molar-refractivity contribution < 1.29 is 10.2 Å². The van der Waals surface area contributed by atoms with Crippen LogP contribution in [0.2, 0.25) is 0 Å². The minimum atomic E-state index is -0.154. The first-order valence-corrected chi connectivity index (χ1v) is 4.66. The maximum Gasteiger partial charge on any atom is 0.114 e. The Kier molecular flexibility index (Phi) is 2.52. The molecule has 3 heteroatoms. The molecule has 1 aliphatic carbocycles. The van der Waals surface area contributed by atoms with Crippen LogP contribution in [-0.4, -0.2) is 23.4 Å². The Labute approximate surface area is 82.7 Å². The molecule has 1 aromatic rings. The lowest BCUT2D eigenvalue weighted by Gasteiger charge is -2.13. The van der Waals surface area contributed by atoms with E-state index in [1.807, 2.05) is 24.3 Å². The summed E-state index contributed by atoms with van der Waals surface area (Å²) < 4.78 is 0. The van der Waals surface area contributed by atoms with Crippen molar-refractivity contribution >= 4 is 6.08 Å². The van der Waals surface area contributed by atoms with Crippen LogP contribution in [-0.2, 0) is 0 Å². The minimum Gasteiger partial charge on any atom is -0.510 e. The standard InChI is InChI=1S/C11H13NO2/c13-6-5-12-11-9-4-2-1-3-8(9)7-10(11)14/h1-4,7,11-14H,5-6H2. The first kappa shape index (κ1) is 9.24. The zero-order chi connectivity index (χ0) is 9.97. The third-order valence-corrected chi connectivity index (χ3v) is 2.37. The van der Waals surface area contributed by atoms with Gasteiger partial charge in [-0.3, -0.25) is 0 Å². The van der Waals surface area contributed by atoms with E-state index in [1.165, 1.54) is 0 Å². The van der Waals surface area contributed by atoms with Crippen LogP contribution in [0.15, 0.2) is 30.0 Å². The van der Waals surface area contributed by atoms with Crippen LogP contribution in [0, 0.1) is 0 Å². The molecule has 1 unspecified atom stereocenters. The fraction of sp³-hybridized carbons (Fsp3) is 0.273. The summed E-state index contributed by atoms with van der Waals surface area (Å²) in [6, 6.07) is 7.67. The molecule has 74 valence electrons. The fourth-order valence-electron chi connectivity index (χ4n) is 1.73. The van der Waals surface area contributed by atoms with Gasteiger partial charge in [0.25, 0.3) is 0 Å². The molecule has 0 spiro atoms. The van der Waals surface area contributed by atoms with Crippen molar-refractivity contribution in [2.75, 3.05) is 13.2 Å². The van der Waals surface area contributed by atoms with E-state index < -0.39 is 0 Å². The summed E-state index contributed by atoms with van der Waals surface area (Å²) in [6.07, 6.45) is 1.75. The largest absolute Gasteiger partial charge is 0.510 e. The molecule has 0 saturated heterocycles. The number of aliphatic hydroxyl groups is 2. The number of hydrogen-bond acceptors (Lipinski definition) is 3. The molecule has 14 heavy (non-hydrogen) atoms. The Morgan fingerprint density at radius 3 is 2.86 bits per heavy atom. The van der Waals surface area contributed by atoms with Gasteiger partial charge >= 0.3 is 0 Å². The maximum atomic E-state index is 9.65. The van der Waals surface area contributed by atoms with Crippen LogP contribution < -0.4 is 5.32 Å². The summed E-state index contributed by atoms with van der Waals surface area (Å²) >= 11 is 0. The smallest absolute Gasteiger partial charge is 0.114 e. The van der Waals surface area contributed by atoms with E-state index in [1.54, 1.807) is 6.08 Å². The molecule has 1 aliphatic rings. The van der Waals surface area contributed by atoms with Crippen molar-refractivity contribution in [1.29, 1.82) is 0 Å². The lowest BCUT2D eigenvalue weighted by molar-refractivity contribution is 0.276. The van der Waals surface area contributed by atoms with Crippen molar-refractivity contribution in [3.63, 3.8) is 0 Å². The van der Waals surface area contributed by atoms with Crippen LogP contribution in [0.5, 0.6) is 0 Å². The van der Waals surface area contributed by atoms with E-state index in [9.17, 15) is 5.11 Å². The Bertz CT molecular complexity index is 360. The number of benzene rings is 1. The first-order valence-electron chi connectivity index (χ1n) is 4.66. The highest BCUT2D eigenvalue weighted by atomic mass is 16.3. The Morgan fingerprint density at radius 1 is 1.29 bits per heavy atom. The number of hydrogen-bond donors (Lipinski definition) is 3. The van der Waals surface area contributed by atoms with Crippen molar-refractivity contribution in [2.45, 2.75) is 6.04 Å². The van der Waals surface area contributed by atoms with Gasteiger partial charge < -0.3 is 15.5 Å². The van der Waals surface area contributed by atoms with Gasteiger partial charge in [0.1, 0.15) is 5.76 Å². The molecule has 2 rings (SSSR count). The predicted molar refractivity (Wildman–Crippen MR) is 54.9 cm³/mol. The topological polar surface area (TPSA) is 52.5 Å². The van der Waals surface area contributed by atoms with Crippen LogP contribution >= 0.6 is 0 Å². The normalized spacial score (nSPS) is 19.2. The molecule has 0 amide bonds. The third kappa shape index (κ3) is 1.52. The van der Waals surface area contributed by atoms with Gasteiger partial charge in [-0.25, -0.2) is 0 Å². The number of aliphatic hydroxyl groups excluding tert-OH is 2. The molecular weight excluding hydrogens is 178 g/mol. The summed E-state index contributed by atoms with van der Waals surface area (Å²) in [7, 11) is 0. The summed E-state index contributed by atoms with van der Waals surface area (Å²) in [5, 5.41) is 21.4. The van der Waals surface area contributed by atoms with E-state index in [4.69, 9.17) is 5.11 Å². The highest BCUT2D eigenvalue weighted by Crippen LogP contribution is 2.32. The zero-order valence-electron chi connectivity index (χ0n) is 7.77. The van der Waals surface area contributed by atoms with E-state index in [0.29, 0.717) is 12.3 Å². The van der Waals surface area contributed by atoms with Crippen LogP contribution in [0.3, 0.4) is 0 Å². The van der Waals surface area contributed by atoms with Crippen molar-refractivity contribution in [2.24, 2.45) is 0 Å². The van der Waals surface area contributed by atoms with Gasteiger partial charge in [0.2, 0.25) is 0 Å². The van der Waals surface area contributed by atoms with Gasteiger partial charge in [-0.2, -0.15) is 0 Å². The van der Waals surface area contributed by atoms with Crippen molar-refractivity contribution in [3.05, 3.63) is 41.2 Å². The molecule has 0 heterocycles. The highest BCUT2D eigenvalue weighted by Gasteiger charge is 2.23. The second-order valence-corrected chi connectivity index (χ2v) is 3.31. The third-order valence-electron chi connectivity index (χ3n) is 2.37.